The molecular weight excluding hydrogens is 454 g/mol. The maximum atomic E-state index is 6.38. The molecule has 37 heavy (non-hydrogen) atoms. The van der Waals surface area contributed by atoms with Crippen LogP contribution < -0.4 is 0 Å². The summed E-state index contributed by atoms with van der Waals surface area (Å²) >= 11 is 0. The molecule has 0 unspecified atom stereocenters. The summed E-state index contributed by atoms with van der Waals surface area (Å²) in [6.07, 6.45) is 1.83. The van der Waals surface area contributed by atoms with E-state index in [1.165, 1.54) is 11.1 Å². The van der Waals surface area contributed by atoms with Crippen molar-refractivity contribution in [2.75, 3.05) is 0 Å². The van der Waals surface area contributed by atoms with Crippen LogP contribution in [0.3, 0.4) is 0 Å². The molecule has 7 aromatic rings. The molecule has 0 amide bonds. The predicted octanol–water partition coefficient (Wildman–Crippen LogP) is 8.29. The SMILES string of the molecule is CC1(C)c2cc(-c3cccc4c3oc3ccccc34)ccc2-n2c(-c3ccccn3)nc3cccc1c32. The minimum atomic E-state index is -0.204. The Labute approximate surface area is 213 Å². The van der Waals surface area contributed by atoms with Crippen molar-refractivity contribution in [2.45, 2.75) is 19.3 Å². The van der Waals surface area contributed by atoms with Crippen LogP contribution in [0.4, 0.5) is 0 Å². The fourth-order valence-electron chi connectivity index (χ4n) is 6.05. The van der Waals surface area contributed by atoms with Gasteiger partial charge in [0.1, 0.15) is 16.9 Å². The van der Waals surface area contributed by atoms with Crippen molar-refractivity contribution in [3.05, 3.63) is 114 Å². The van der Waals surface area contributed by atoms with Gasteiger partial charge in [0, 0.05) is 27.9 Å². The smallest absolute Gasteiger partial charge is 0.164 e. The molecular formula is C33H23N3O. The Balaban J connectivity index is 1.42. The second kappa shape index (κ2) is 7.17. The van der Waals surface area contributed by atoms with E-state index in [1.54, 1.807) is 0 Å². The van der Waals surface area contributed by atoms with Crippen LogP contribution in [0.1, 0.15) is 25.0 Å². The first kappa shape index (κ1) is 20.5. The van der Waals surface area contributed by atoms with E-state index >= 15 is 0 Å². The van der Waals surface area contributed by atoms with Crippen molar-refractivity contribution in [3.8, 4) is 28.3 Å². The van der Waals surface area contributed by atoms with Crippen LogP contribution in [0.2, 0.25) is 0 Å². The molecule has 0 radical (unpaired) electrons. The highest BCUT2D eigenvalue weighted by atomic mass is 16.3. The Morgan fingerprint density at radius 1 is 0.757 bits per heavy atom. The molecule has 3 aromatic heterocycles. The molecule has 0 saturated heterocycles. The molecule has 0 fully saturated rings. The van der Waals surface area contributed by atoms with Gasteiger partial charge < -0.3 is 4.42 Å². The van der Waals surface area contributed by atoms with Gasteiger partial charge in [0.05, 0.1) is 16.7 Å². The number of benzene rings is 4. The summed E-state index contributed by atoms with van der Waals surface area (Å²) < 4.78 is 8.67. The number of fused-ring (bicyclic) bond motifs is 5. The van der Waals surface area contributed by atoms with Gasteiger partial charge in [-0.3, -0.25) is 9.55 Å². The Bertz CT molecular complexity index is 2010. The highest BCUT2D eigenvalue weighted by Crippen LogP contribution is 2.47. The molecule has 0 atom stereocenters. The second-order valence-corrected chi connectivity index (χ2v) is 10.3. The first-order valence-corrected chi connectivity index (χ1v) is 12.6. The fourth-order valence-corrected chi connectivity index (χ4v) is 6.05. The number of rotatable bonds is 2. The van der Waals surface area contributed by atoms with E-state index in [4.69, 9.17) is 9.40 Å². The topological polar surface area (TPSA) is 43.9 Å². The van der Waals surface area contributed by atoms with Crippen LogP contribution in [0, 0.1) is 0 Å². The molecule has 4 aromatic carbocycles. The number of pyridine rings is 1. The first-order chi connectivity index (χ1) is 18.1. The molecule has 176 valence electrons. The highest BCUT2D eigenvalue weighted by molar-refractivity contribution is 6.09. The van der Waals surface area contributed by atoms with Crippen LogP contribution in [-0.2, 0) is 5.41 Å². The molecule has 1 aliphatic heterocycles. The minimum absolute atomic E-state index is 0.204. The number of nitrogens with zero attached hydrogens (tertiary/aromatic N) is 3. The lowest BCUT2D eigenvalue weighted by Crippen LogP contribution is -2.26. The molecule has 4 heterocycles. The summed E-state index contributed by atoms with van der Waals surface area (Å²) in [6.45, 7) is 4.62. The summed E-state index contributed by atoms with van der Waals surface area (Å²) in [4.78, 5) is 9.69. The summed E-state index contributed by atoms with van der Waals surface area (Å²) in [7, 11) is 0. The van der Waals surface area contributed by atoms with Crippen molar-refractivity contribution in [2.24, 2.45) is 0 Å². The van der Waals surface area contributed by atoms with Gasteiger partial charge in [-0.1, -0.05) is 74.5 Å². The fraction of sp³-hybridized carbons (Fsp3) is 0.0909. The van der Waals surface area contributed by atoms with Crippen molar-refractivity contribution < 1.29 is 4.42 Å². The molecule has 4 nitrogen and oxygen atoms in total. The Morgan fingerprint density at radius 3 is 2.49 bits per heavy atom. The van der Waals surface area contributed by atoms with Gasteiger partial charge in [0.15, 0.2) is 5.82 Å². The lowest BCUT2D eigenvalue weighted by atomic mass is 9.74. The molecule has 1 aliphatic rings. The molecule has 4 heteroatoms. The minimum Gasteiger partial charge on any atom is -0.455 e. The van der Waals surface area contributed by atoms with E-state index in [2.05, 4.69) is 90.1 Å². The number of furan rings is 1. The van der Waals surface area contributed by atoms with Gasteiger partial charge >= 0.3 is 0 Å². The number of hydrogen-bond acceptors (Lipinski definition) is 3. The second-order valence-electron chi connectivity index (χ2n) is 10.3. The average molecular weight is 478 g/mol. The van der Waals surface area contributed by atoms with E-state index < -0.39 is 0 Å². The quantitative estimate of drug-likeness (QED) is 0.252. The number of hydrogen-bond donors (Lipinski definition) is 0. The Hall–Kier alpha value is -4.70. The van der Waals surface area contributed by atoms with E-state index in [0.717, 1.165) is 61.3 Å². The van der Waals surface area contributed by atoms with Crippen LogP contribution in [0.15, 0.2) is 108 Å². The zero-order valence-electron chi connectivity index (χ0n) is 20.6. The highest BCUT2D eigenvalue weighted by Gasteiger charge is 2.36. The third-order valence-electron chi connectivity index (χ3n) is 7.87. The predicted molar refractivity (Wildman–Crippen MR) is 149 cm³/mol. The normalized spacial score (nSPS) is 13.9. The largest absolute Gasteiger partial charge is 0.455 e. The van der Waals surface area contributed by atoms with E-state index in [9.17, 15) is 0 Å². The van der Waals surface area contributed by atoms with Crippen LogP contribution in [0.25, 0.3) is 61.3 Å². The number of aromatic nitrogens is 3. The van der Waals surface area contributed by atoms with Crippen molar-refractivity contribution in [1.29, 1.82) is 0 Å². The van der Waals surface area contributed by atoms with Gasteiger partial charge in [-0.05, 0) is 53.1 Å². The lowest BCUT2D eigenvalue weighted by Gasteiger charge is -2.35. The Kier molecular flexibility index (Phi) is 3.97. The molecule has 0 aliphatic carbocycles. The van der Waals surface area contributed by atoms with E-state index in [1.807, 2.05) is 36.5 Å². The molecule has 0 saturated carbocycles. The van der Waals surface area contributed by atoms with Gasteiger partial charge in [0.25, 0.3) is 0 Å². The monoisotopic (exact) mass is 477 g/mol. The zero-order valence-corrected chi connectivity index (χ0v) is 20.6. The van der Waals surface area contributed by atoms with Gasteiger partial charge in [-0.25, -0.2) is 4.98 Å². The Morgan fingerprint density at radius 2 is 1.59 bits per heavy atom. The van der Waals surface area contributed by atoms with E-state index in [0.29, 0.717) is 0 Å². The molecule has 8 rings (SSSR count). The summed E-state index contributed by atoms with van der Waals surface area (Å²) in [5.41, 5.74) is 10.6. The summed E-state index contributed by atoms with van der Waals surface area (Å²) in [5.74, 6) is 0.868. The van der Waals surface area contributed by atoms with Gasteiger partial charge in [-0.2, -0.15) is 0 Å². The first-order valence-electron chi connectivity index (χ1n) is 12.6. The average Bonchev–Trinajstić information content (AvgIpc) is 3.51. The summed E-state index contributed by atoms with van der Waals surface area (Å²) in [5, 5.41) is 2.29. The van der Waals surface area contributed by atoms with Crippen LogP contribution >= 0.6 is 0 Å². The van der Waals surface area contributed by atoms with Crippen LogP contribution in [0.5, 0.6) is 0 Å². The number of imidazole rings is 1. The maximum Gasteiger partial charge on any atom is 0.164 e. The third-order valence-corrected chi connectivity index (χ3v) is 7.87. The zero-order chi connectivity index (χ0) is 24.7. The van der Waals surface area contributed by atoms with Crippen LogP contribution in [-0.4, -0.2) is 14.5 Å². The maximum absolute atomic E-state index is 6.38. The molecule has 0 spiro atoms. The standard InChI is InChI=1S/C33H23N3O/c1-33(2)24-12-8-14-26-30(24)36(32(35-26)27-13-5-6-18-34-27)28-17-16-20(19-25(28)33)21-10-7-11-23-22-9-3-4-15-29(22)37-31(21)23/h3-19H,1-2H3. The lowest BCUT2D eigenvalue weighted by molar-refractivity contribution is 0.629. The van der Waals surface area contributed by atoms with Crippen molar-refractivity contribution in [3.63, 3.8) is 0 Å². The van der Waals surface area contributed by atoms with Gasteiger partial charge in [-0.15, -0.1) is 0 Å². The summed E-state index contributed by atoms with van der Waals surface area (Å²) in [6, 6.07) is 33.9. The molecule has 0 N–H and O–H groups in total. The number of para-hydroxylation sites is 3. The van der Waals surface area contributed by atoms with Gasteiger partial charge in [0.2, 0.25) is 0 Å². The van der Waals surface area contributed by atoms with Crippen molar-refractivity contribution in [1.82, 2.24) is 14.5 Å². The van der Waals surface area contributed by atoms with Crippen molar-refractivity contribution >= 4 is 33.0 Å². The molecule has 0 bridgehead atoms. The third kappa shape index (κ3) is 2.73. The van der Waals surface area contributed by atoms with E-state index in [-0.39, 0.29) is 5.41 Å².